The lowest BCUT2D eigenvalue weighted by atomic mass is 10.1. The molecule has 2 heteroatoms. The van der Waals surface area contributed by atoms with Gasteiger partial charge in [-0.2, -0.15) is 0 Å². The minimum absolute atomic E-state index is 0.493. The molecule has 0 aliphatic carbocycles. The van der Waals surface area contributed by atoms with Gasteiger partial charge in [-0.15, -0.1) is 0 Å². The van der Waals surface area contributed by atoms with Crippen molar-refractivity contribution >= 4 is 0 Å². The Labute approximate surface area is 76.7 Å². The molecule has 0 radical (unpaired) electrons. The third-order valence-corrected chi connectivity index (χ3v) is 1.48. The summed E-state index contributed by atoms with van der Waals surface area (Å²) in [4.78, 5) is 0. The first-order valence-corrected chi connectivity index (χ1v) is 4.95. The van der Waals surface area contributed by atoms with E-state index >= 15 is 0 Å². The maximum atomic E-state index is 12.7. The van der Waals surface area contributed by atoms with Gasteiger partial charge in [0.05, 0.1) is 0 Å². The molecular weight excluding hydrogens is 153 g/mol. The van der Waals surface area contributed by atoms with Crippen LogP contribution in [-0.4, -0.2) is 19.8 Å². The van der Waals surface area contributed by atoms with Crippen molar-refractivity contribution in [2.24, 2.45) is 5.92 Å². The number of rotatable bonds is 5. The number of alkyl halides is 1. The van der Waals surface area contributed by atoms with Gasteiger partial charge in [-0.3, -0.25) is 0 Å². The lowest BCUT2D eigenvalue weighted by molar-refractivity contribution is 0.289. The molecule has 76 valence electrons. The molecule has 1 N–H and O–H groups in total. The predicted octanol–water partition coefficient (Wildman–Crippen LogP) is 3.01. The first kappa shape index (κ1) is 14.4. The molecule has 0 aliphatic rings. The quantitative estimate of drug-likeness (QED) is 0.680. The summed E-state index contributed by atoms with van der Waals surface area (Å²) in [6.45, 7) is 8.73. The second-order valence-electron chi connectivity index (χ2n) is 3.13. The number of halogens is 1. The molecule has 0 unspecified atom stereocenters. The second-order valence-corrected chi connectivity index (χ2v) is 3.13. The van der Waals surface area contributed by atoms with Gasteiger partial charge in [0.2, 0.25) is 0 Å². The van der Waals surface area contributed by atoms with Crippen molar-refractivity contribution in [1.29, 1.82) is 0 Å². The third-order valence-electron chi connectivity index (χ3n) is 1.48. The molecule has 0 fully saturated rings. The molecule has 0 aromatic rings. The van der Waals surface area contributed by atoms with Crippen LogP contribution in [0.15, 0.2) is 0 Å². The zero-order chi connectivity index (χ0) is 9.98. The number of hydrogen-bond acceptors (Lipinski definition) is 1. The van der Waals surface area contributed by atoms with Crippen molar-refractivity contribution in [3.63, 3.8) is 0 Å². The summed E-state index contributed by atoms with van der Waals surface area (Å²) < 4.78 is 12.7. The summed E-state index contributed by atoms with van der Waals surface area (Å²) in [5.41, 5.74) is 0. The topological polar surface area (TPSA) is 12.0 Å². The summed E-state index contributed by atoms with van der Waals surface area (Å²) in [6, 6.07) is 0. The average Bonchev–Trinajstić information content (AvgIpc) is 2.05. The van der Waals surface area contributed by atoms with Gasteiger partial charge in [0.1, 0.15) is 6.17 Å². The highest BCUT2D eigenvalue weighted by Crippen LogP contribution is 2.08. The van der Waals surface area contributed by atoms with E-state index in [4.69, 9.17) is 0 Å². The van der Waals surface area contributed by atoms with E-state index in [9.17, 15) is 4.39 Å². The Morgan fingerprint density at radius 1 is 1.17 bits per heavy atom. The molecule has 0 bridgehead atoms. The molecule has 12 heavy (non-hydrogen) atoms. The molecule has 0 spiro atoms. The van der Waals surface area contributed by atoms with Crippen molar-refractivity contribution < 1.29 is 4.39 Å². The predicted molar refractivity (Wildman–Crippen MR) is 54.2 cm³/mol. The Kier molecular flexibility index (Phi) is 13.1. The molecule has 0 aromatic carbocycles. The van der Waals surface area contributed by atoms with Crippen LogP contribution in [0.3, 0.4) is 0 Å². The largest absolute Gasteiger partial charge is 0.317 e. The highest BCUT2D eigenvalue weighted by atomic mass is 19.1. The minimum Gasteiger partial charge on any atom is -0.317 e. The van der Waals surface area contributed by atoms with Crippen LogP contribution in [0.25, 0.3) is 0 Å². The Morgan fingerprint density at radius 3 is 2.00 bits per heavy atom. The molecule has 1 nitrogen and oxygen atoms in total. The Morgan fingerprint density at radius 2 is 1.67 bits per heavy atom. The Balaban J connectivity index is 0. The van der Waals surface area contributed by atoms with E-state index in [1.807, 2.05) is 13.8 Å². The van der Waals surface area contributed by atoms with Gasteiger partial charge in [0.15, 0.2) is 0 Å². The van der Waals surface area contributed by atoms with E-state index in [2.05, 4.69) is 19.2 Å². The zero-order valence-electron chi connectivity index (χ0n) is 9.15. The van der Waals surface area contributed by atoms with E-state index in [1.165, 1.54) is 0 Å². The van der Waals surface area contributed by atoms with Crippen molar-refractivity contribution in [3.05, 3.63) is 0 Å². The lowest BCUT2D eigenvalue weighted by Crippen LogP contribution is -2.19. The fourth-order valence-electron chi connectivity index (χ4n) is 0.838. The number of hydrogen-bond donors (Lipinski definition) is 1. The van der Waals surface area contributed by atoms with Crippen LogP contribution in [0, 0.1) is 5.92 Å². The molecule has 0 saturated heterocycles. The standard InChI is InChI=1S/C8H18FN.C2H6/c1-7(2)4-5-8(9)6-10-3;1-2/h7-8,10H,4-6H2,1-3H3;1-2H3/t8-;/m0./s1. The van der Waals surface area contributed by atoms with Crippen LogP contribution in [-0.2, 0) is 0 Å². The fourth-order valence-corrected chi connectivity index (χ4v) is 0.838. The van der Waals surface area contributed by atoms with Crippen molar-refractivity contribution in [3.8, 4) is 0 Å². The minimum atomic E-state index is -0.660. The first-order valence-electron chi connectivity index (χ1n) is 4.95. The molecule has 1 atom stereocenters. The maximum absolute atomic E-state index is 12.7. The van der Waals surface area contributed by atoms with E-state index in [-0.39, 0.29) is 0 Å². The Bertz CT molecular complexity index is 74.2. The summed E-state index contributed by atoms with van der Waals surface area (Å²) >= 11 is 0. The molecule has 0 aliphatic heterocycles. The van der Waals surface area contributed by atoms with Crippen molar-refractivity contribution in [1.82, 2.24) is 5.32 Å². The molecule has 0 heterocycles. The highest BCUT2D eigenvalue weighted by molar-refractivity contribution is 4.59. The Hall–Kier alpha value is -0.110. The van der Waals surface area contributed by atoms with E-state index in [1.54, 1.807) is 7.05 Å². The maximum Gasteiger partial charge on any atom is 0.112 e. The zero-order valence-corrected chi connectivity index (χ0v) is 9.15. The van der Waals surface area contributed by atoms with Crippen LogP contribution < -0.4 is 5.32 Å². The highest BCUT2D eigenvalue weighted by Gasteiger charge is 2.04. The van der Waals surface area contributed by atoms with Crippen LogP contribution in [0.1, 0.15) is 40.5 Å². The van der Waals surface area contributed by atoms with Crippen LogP contribution >= 0.6 is 0 Å². The van der Waals surface area contributed by atoms with Crippen LogP contribution in [0.5, 0.6) is 0 Å². The molecular formula is C10H24FN. The van der Waals surface area contributed by atoms with Gasteiger partial charge in [-0.1, -0.05) is 27.7 Å². The number of nitrogens with one attached hydrogen (secondary N) is 1. The summed E-state index contributed by atoms with van der Waals surface area (Å²) in [5.74, 6) is 0.620. The fraction of sp³-hybridized carbons (Fsp3) is 1.00. The third kappa shape index (κ3) is 12.6. The molecule has 0 rings (SSSR count). The van der Waals surface area contributed by atoms with Crippen molar-refractivity contribution in [2.45, 2.75) is 46.7 Å². The van der Waals surface area contributed by atoms with E-state index in [0.29, 0.717) is 18.9 Å². The van der Waals surface area contributed by atoms with Gasteiger partial charge in [-0.05, 0) is 25.8 Å². The first-order chi connectivity index (χ1) is 5.66. The van der Waals surface area contributed by atoms with Gasteiger partial charge in [0.25, 0.3) is 0 Å². The lowest BCUT2D eigenvalue weighted by Gasteiger charge is -2.08. The van der Waals surface area contributed by atoms with Crippen molar-refractivity contribution in [2.75, 3.05) is 13.6 Å². The van der Waals surface area contributed by atoms with Gasteiger partial charge >= 0.3 is 0 Å². The average molecular weight is 177 g/mol. The summed E-state index contributed by atoms with van der Waals surface area (Å²) in [7, 11) is 1.78. The van der Waals surface area contributed by atoms with Gasteiger partial charge < -0.3 is 5.32 Å². The van der Waals surface area contributed by atoms with Crippen LogP contribution in [0.2, 0.25) is 0 Å². The van der Waals surface area contributed by atoms with E-state index < -0.39 is 6.17 Å². The molecule has 0 amide bonds. The molecule has 0 aromatic heterocycles. The smallest absolute Gasteiger partial charge is 0.112 e. The van der Waals surface area contributed by atoms with E-state index in [0.717, 1.165) is 6.42 Å². The normalized spacial score (nSPS) is 12.2. The SMILES string of the molecule is CC.CNC[C@@H](F)CCC(C)C. The summed E-state index contributed by atoms with van der Waals surface area (Å²) in [6.07, 6.45) is 1.02. The van der Waals surface area contributed by atoms with Crippen LogP contribution in [0.4, 0.5) is 4.39 Å². The molecule has 0 saturated carbocycles. The second kappa shape index (κ2) is 10.9. The van der Waals surface area contributed by atoms with Gasteiger partial charge in [-0.25, -0.2) is 4.39 Å². The summed E-state index contributed by atoms with van der Waals surface area (Å²) in [5, 5.41) is 2.82. The van der Waals surface area contributed by atoms with Gasteiger partial charge in [0, 0.05) is 6.54 Å². The monoisotopic (exact) mass is 177 g/mol.